The highest BCUT2D eigenvalue weighted by molar-refractivity contribution is 5.89. The number of ether oxygens (including phenoxy) is 1. The van der Waals surface area contributed by atoms with Crippen molar-refractivity contribution in [2.24, 2.45) is 7.05 Å². The first-order chi connectivity index (χ1) is 12.5. The molecule has 0 spiro atoms. The van der Waals surface area contributed by atoms with Crippen molar-refractivity contribution < 1.29 is 9.26 Å². The molecule has 4 aromatic rings. The molecule has 6 nitrogen and oxygen atoms in total. The Labute approximate surface area is 151 Å². The Morgan fingerprint density at radius 3 is 2.54 bits per heavy atom. The average Bonchev–Trinajstić information content (AvgIpc) is 3.10. The third-order valence-corrected chi connectivity index (χ3v) is 4.68. The summed E-state index contributed by atoms with van der Waals surface area (Å²) in [4.78, 5) is 8.99. The van der Waals surface area contributed by atoms with Gasteiger partial charge in [-0.3, -0.25) is 4.98 Å². The van der Waals surface area contributed by atoms with Crippen LogP contribution in [0.4, 0.5) is 0 Å². The quantitative estimate of drug-likeness (QED) is 0.539. The molecular formula is C20H20N4O2. The van der Waals surface area contributed by atoms with Gasteiger partial charge in [0.25, 0.3) is 0 Å². The molecule has 0 unspecified atom stereocenters. The Morgan fingerprint density at radius 1 is 1.04 bits per heavy atom. The lowest BCUT2D eigenvalue weighted by Gasteiger charge is -2.11. The number of imidazole rings is 1. The Morgan fingerprint density at radius 2 is 1.85 bits per heavy atom. The van der Waals surface area contributed by atoms with Crippen molar-refractivity contribution in [3.8, 4) is 22.6 Å². The van der Waals surface area contributed by atoms with E-state index in [0.29, 0.717) is 11.5 Å². The molecular weight excluding hydrogens is 328 g/mol. The maximum absolute atomic E-state index is 6.22. The molecule has 0 amide bonds. The third kappa shape index (κ3) is 2.54. The number of hydrogen-bond donors (Lipinski definition) is 0. The first kappa shape index (κ1) is 16.3. The molecule has 0 aliphatic carbocycles. The second-order valence-electron chi connectivity index (χ2n) is 6.45. The maximum atomic E-state index is 6.22. The molecule has 0 aliphatic rings. The second-order valence-corrected chi connectivity index (χ2v) is 6.45. The summed E-state index contributed by atoms with van der Waals surface area (Å²) in [6.07, 6.45) is 1.75. The van der Waals surface area contributed by atoms with Gasteiger partial charge in [-0.05, 0) is 57.5 Å². The van der Waals surface area contributed by atoms with E-state index in [9.17, 15) is 0 Å². The van der Waals surface area contributed by atoms with Crippen LogP contribution in [0.15, 0.2) is 35.0 Å². The third-order valence-electron chi connectivity index (χ3n) is 4.68. The summed E-state index contributed by atoms with van der Waals surface area (Å²) >= 11 is 0. The number of pyridine rings is 1. The predicted octanol–water partition coefficient (Wildman–Crippen LogP) is 4.65. The summed E-state index contributed by atoms with van der Waals surface area (Å²) in [5.74, 6) is 3.11. The molecule has 26 heavy (non-hydrogen) atoms. The molecule has 0 aliphatic heterocycles. The van der Waals surface area contributed by atoms with Gasteiger partial charge >= 0.3 is 0 Å². The van der Waals surface area contributed by atoms with Gasteiger partial charge in [-0.25, -0.2) is 4.98 Å². The molecule has 0 fully saturated rings. The van der Waals surface area contributed by atoms with Crippen LogP contribution in [0.3, 0.4) is 0 Å². The molecule has 3 heterocycles. The molecule has 6 heteroatoms. The standard InChI is InChI=1S/C20H20N4O2/c1-11-17(7-6-8-21-11)25-18-10-15(19-12(2)23-26-13(19)3)9-16-20(18)22-14(4)24(16)5/h6-10H,1-5H3. The number of rotatable bonds is 3. The van der Waals surface area contributed by atoms with E-state index in [1.807, 2.05) is 52.9 Å². The van der Waals surface area contributed by atoms with Gasteiger partial charge in [-0.15, -0.1) is 0 Å². The summed E-state index contributed by atoms with van der Waals surface area (Å²) in [5.41, 5.74) is 5.48. The van der Waals surface area contributed by atoms with Gasteiger partial charge < -0.3 is 13.8 Å². The van der Waals surface area contributed by atoms with Gasteiger partial charge in [0.1, 0.15) is 22.9 Å². The minimum atomic E-state index is 0.692. The minimum absolute atomic E-state index is 0.692. The SMILES string of the molecule is Cc1ncccc1Oc1cc(-c2c(C)noc2C)cc2c1nc(C)n2C. The molecule has 0 atom stereocenters. The van der Waals surface area contributed by atoms with Gasteiger partial charge in [0.2, 0.25) is 0 Å². The maximum Gasteiger partial charge on any atom is 0.155 e. The number of aromatic nitrogens is 4. The summed E-state index contributed by atoms with van der Waals surface area (Å²) in [7, 11) is 2.00. The van der Waals surface area contributed by atoms with Crippen LogP contribution >= 0.6 is 0 Å². The Kier molecular flexibility index (Phi) is 3.76. The van der Waals surface area contributed by atoms with Crippen LogP contribution in [0.1, 0.15) is 23.0 Å². The van der Waals surface area contributed by atoms with E-state index >= 15 is 0 Å². The van der Waals surface area contributed by atoms with Crippen LogP contribution < -0.4 is 4.74 Å². The highest BCUT2D eigenvalue weighted by atomic mass is 16.5. The first-order valence-corrected chi connectivity index (χ1v) is 8.45. The highest BCUT2D eigenvalue weighted by Gasteiger charge is 2.18. The fourth-order valence-corrected chi connectivity index (χ4v) is 3.19. The number of aryl methyl sites for hydroxylation is 5. The highest BCUT2D eigenvalue weighted by Crippen LogP contribution is 2.37. The summed E-state index contributed by atoms with van der Waals surface area (Å²) in [6.45, 7) is 7.76. The number of nitrogens with zero attached hydrogens (tertiary/aromatic N) is 4. The number of hydrogen-bond acceptors (Lipinski definition) is 5. The molecule has 0 radical (unpaired) electrons. The van der Waals surface area contributed by atoms with Crippen molar-refractivity contribution in [2.45, 2.75) is 27.7 Å². The van der Waals surface area contributed by atoms with Crippen LogP contribution in [0.5, 0.6) is 11.5 Å². The molecule has 0 N–H and O–H groups in total. The second kappa shape index (κ2) is 5.98. The molecule has 0 saturated carbocycles. The average molecular weight is 348 g/mol. The first-order valence-electron chi connectivity index (χ1n) is 8.45. The number of fused-ring (bicyclic) bond motifs is 1. The van der Waals surface area contributed by atoms with Crippen molar-refractivity contribution in [3.05, 3.63) is 53.4 Å². The zero-order valence-corrected chi connectivity index (χ0v) is 15.5. The van der Waals surface area contributed by atoms with Gasteiger partial charge in [0, 0.05) is 18.8 Å². The van der Waals surface area contributed by atoms with E-state index in [-0.39, 0.29) is 0 Å². The van der Waals surface area contributed by atoms with Crippen molar-refractivity contribution in [1.29, 1.82) is 0 Å². The molecule has 4 rings (SSSR count). The van der Waals surface area contributed by atoms with E-state index in [1.54, 1.807) is 6.20 Å². The lowest BCUT2D eigenvalue weighted by atomic mass is 10.0. The molecule has 132 valence electrons. The Bertz CT molecular complexity index is 1100. The molecule has 0 saturated heterocycles. The van der Waals surface area contributed by atoms with Crippen LogP contribution in [0.2, 0.25) is 0 Å². The van der Waals surface area contributed by atoms with Gasteiger partial charge in [-0.1, -0.05) is 5.16 Å². The summed E-state index contributed by atoms with van der Waals surface area (Å²) in [6, 6.07) is 7.87. The molecule has 0 bridgehead atoms. The predicted molar refractivity (Wildman–Crippen MR) is 99.5 cm³/mol. The fraction of sp³-hybridized carbons (Fsp3) is 0.250. The van der Waals surface area contributed by atoms with E-state index < -0.39 is 0 Å². The Hall–Kier alpha value is -3.15. The van der Waals surface area contributed by atoms with Crippen LogP contribution in [-0.2, 0) is 7.05 Å². The molecule has 3 aromatic heterocycles. The van der Waals surface area contributed by atoms with Crippen molar-refractivity contribution in [3.63, 3.8) is 0 Å². The van der Waals surface area contributed by atoms with Crippen molar-refractivity contribution in [1.82, 2.24) is 19.7 Å². The van der Waals surface area contributed by atoms with E-state index in [0.717, 1.165) is 45.1 Å². The van der Waals surface area contributed by atoms with Crippen LogP contribution in [-0.4, -0.2) is 19.7 Å². The smallest absolute Gasteiger partial charge is 0.155 e. The number of benzene rings is 1. The van der Waals surface area contributed by atoms with Crippen LogP contribution in [0.25, 0.3) is 22.2 Å². The monoisotopic (exact) mass is 348 g/mol. The largest absolute Gasteiger partial charge is 0.453 e. The lowest BCUT2D eigenvalue weighted by molar-refractivity contribution is 0.393. The van der Waals surface area contributed by atoms with Crippen molar-refractivity contribution >= 4 is 11.0 Å². The summed E-state index contributed by atoms with van der Waals surface area (Å²) < 4.78 is 13.6. The summed E-state index contributed by atoms with van der Waals surface area (Å²) in [5, 5.41) is 4.08. The Balaban J connectivity index is 1.96. The van der Waals surface area contributed by atoms with Crippen LogP contribution in [0, 0.1) is 27.7 Å². The van der Waals surface area contributed by atoms with Gasteiger partial charge in [-0.2, -0.15) is 0 Å². The topological polar surface area (TPSA) is 66.0 Å². The fourth-order valence-electron chi connectivity index (χ4n) is 3.19. The van der Waals surface area contributed by atoms with E-state index in [1.165, 1.54) is 0 Å². The van der Waals surface area contributed by atoms with E-state index in [4.69, 9.17) is 9.26 Å². The normalized spacial score (nSPS) is 11.3. The minimum Gasteiger partial charge on any atom is -0.453 e. The lowest BCUT2D eigenvalue weighted by Crippen LogP contribution is -1.94. The zero-order chi connectivity index (χ0) is 18.4. The molecule has 1 aromatic carbocycles. The van der Waals surface area contributed by atoms with Crippen molar-refractivity contribution in [2.75, 3.05) is 0 Å². The van der Waals surface area contributed by atoms with Gasteiger partial charge in [0.05, 0.1) is 16.9 Å². The van der Waals surface area contributed by atoms with E-state index in [2.05, 4.69) is 25.8 Å². The zero-order valence-electron chi connectivity index (χ0n) is 15.5. The van der Waals surface area contributed by atoms with Gasteiger partial charge in [0.15, 0.2) is 5.75 Å².